The van der Waals surface area contributed by atoms with Crippen LogP contribution in [0.2, 0.25) is 0 Å². The van der Waals surface area contributed by atoms with Crippen LogP contribution in [-0.2, 0) is 0 Å². The largest absolute Gasteiger partial charge is 0.358 e. The quantitative estimate of drug-likeness (QED) is 0.563. The van der Waals surface area contributed by atoms with Crippen LogP contribution in [0.3, 0.4) is 0 Å². The fourth-order valence-corrected chi connectivity index (χ4v) is 0.752. The summed E-state index contributed by atoms with van der Waals surface area (Å²) in [6.45, 7) is 2.07. The second kappa shape index (κ2) is 2.33. The van der Waals surface area contributed by atoms with Gasteiger partial charge in [-0.15, -0.1) is 0 Å². The summed E-state index contributed by atoms with van der Waals surface area (Å²) in [5.74, 6) is -0.468. The lowest BCUT2D eigenvalue weighted by atomic mass is 10.1. The molecule has 1 N–H and O–H groups in total. The first kappa shape index (κ1) is 6.52. The van der Waals surface area contributed by atoms with E-state index in [0.717, 1.165) is 0 Å². The van der Waals surface area contributed by atoms with E-state index in [4.69, 9.17) is 0 Å². The van der Waals surface area contributed by atoms with Crippen molar-refractivity contribution in [3.63, 3.8) is 0 Å². The Hall–Kier alpha value is -0.600. The lowest BCUT2D eigenvalue weighted by Gasteiger charge is -2.21. The predicted octanol–water partition coefficient (Wildman–Crippen LogP) is 1.52. The Labute approximate surface area is 52.7 Å². The van der Waals surface area contributed by atoms with Crippen molar-refractivity contribution >= 4 is 0 Å². The molecule has 0 bridgehead atoms. The normalized spacial score (nSPS) is 20.8. The first-order chi connectivity index (χ1) is 4.25. The molecule has 0 aromatic carbocycles. The van der Waals surface area contributed by atoms with Crippen molar-refractivity contribution in [3.8, 4) is 0 Å². The van der Waals surface area contributed by atoms with Crippen LogP contribution in [0.1, 0.15) is 13.3 Å². The van der Waals surface area contributed by atoms with Gasteiger partial charge >= 0.3 is 0 Å². The Kier molecular flexibility index (Phi) is 1.69. The van der Waals surface area contributed by atoms with Crippen molar-refractivity contribution in [2.45, 2.75) is 19.5 Å². The van der Waals surface area contributed by atoms with Gasteiger partial charge in [-0.1, -0.05) is 6.92 Å². The number of hydrogen-bond acceptors (Lipinski definition) is 1. The van der Waals surface area contributed by atoms with Crippen molar-refractivity contribution < 1.29 is 8.78 Å². The van der Waals surface area contributed by atoms with Crippen LogP contribution >= 0.6 is 0 Å². The van der Waals surface area contributed by atoms with Crippen LogP contribution in [-0.4, -0.2) is 12.7 Å². The molecule has 0 unspecified atom stereocenters. The predicted molar refractivity (Wildman–Crippen MR) is 31.3 cm³/mol. The molecule has 0 spiro atoms. The third-order valence-electron chi connectivity index (χ3n) is 1.45. The van der Waals surface area contributed by atoms with E-state index in [1.165, 1.54) is 0 Å². The van der Waals surface area contributed by atoms with Crippen LogP contribution in [0.5, 0.6) is 0 Å². The van der Waals surface area contributed by atoms with Crippen molar-refractivity contribution in [2.24, 2.45) is 0 Å². The van der Waals surface area contributed by atoms with E-state index in [2.05, 4.69) is 5.32 Å². The van der Waals surface area contributed by atoms with E-state index in [1.54, 1.807) is 6.92 Å². The molecule has 1 rings (SSSR count). The van der Waals surface area contributed by atoms with Gasteiger partial charge in [0, 0.05) is 12.1 Å². The van der Waals surface area contributed by atoms with Gasteiger partial charge in [0.15, 0.2) is 5.95 Å². The molecule has 1 nitrogen and oxygen atoms in total. The van der Waals surface area contributed by atoms with Gasteiger partial charge in [0.05, 0.1) is 0 Å². The van der Waals surface area contributed by atoms with Crippen molar-refractivity contribution in [1.82, 2.24) is 5.32 Å². The third-order valence-corrected chi connectivity index (χ3v) is 1.45. The van der Waals surface area contributed by atoms with Crippen LogP contribution in [0, 0.1) is 0 Å². The molecule has 0 radical (unpaired) electrons. The van der Waals surface area contributed by atoms with Gasteiger partial charge in [0.25, 0.3) is 0 Å². The highest BCUT2D eigenvalue weighted by molar-refractivity contribution is 5.22. The summed E-state index contributed by atoms with van der Waals surface area (Å²) in [7, 11) is 0. The standard InChI is InChI=1S/C6H9F2N/c1-2-5(7)4-3-9-6(4)8/h5,9H,2-3H2,1H3/t5-/m1/s1. The highest BCUT2D eigenvalue weighted by Crippen LogP contribution is 2.20. The molecule has 0 aliphatic carbocycles. The summed E-state index contributed by atoms with van der Waals surface area (Å²) in [6, 6.07) is 0. The van der Waals surface area contributed by atoms with E-state index in [1.807, 2.05) is 0 Å². The number of hydrogen-bond donors (Lipinski definition) is 1. The molecule has 0 fully saturated rings. The number of rotatable bonds is 2. The SMILES string of the molecule is CC[C@@H](F)C1=C(F)NC1. The van der Waals surface area contributed by atoms with E-state index < -0.39 is 12.1 Å². The fraction of sp³-hybridized carbons (Fsp3) is 0.667. The molecular formula is C6H9F2N. The highest BCUT2D eigenvalue weighted by atomic mass is 19.1. The van der Waals surface area contributed by atoms with Gasteiger partial charge < -0.3 is 5.32 Å². The van der Waals surface area contributed by atoms with Crippen molar-refractivity contribution in [3.05, 3.63) is 11.5 Å². The molecule has 9 heavy (non-hydrogen) atoms. The fourth-order valence-electron chi connectivity index (χ4n) is 0.752. The average Bonchev–Trinajstić information content (AvgIpc) is 1.84. The number of alkyl halides is 1. The van der Waals surface area contributed by atoms with Gasteiger partial charge in [0.2, 0.25) is 0 Å². The highest BCUT2D eigenvalue weighted by Gasteiger charge is 2.23. The Balaban J connectivity index is 2.52. The van der Waals surface area contributed by atoms with Crippen LogP contribution in [0.15, 0.2) is 11.5 Å². The minimum atomic E-state index is -1.08. The van der Waals surface area contributed by atoms with Crippen LogP contribution < -0.4 is 5.32 Å². The lowest BCUT2D eigenvalue weighted by Crippen LogP contribution is -2.32. The van der Waals surface area contributed by atoms with E-state index in [9.17, 15) is 8.78 Å². The molecule has 0 aromatic rings. The van der Waals surface area contributed by atoms with Crippen LogP contribution in [0.4, 0.5) is 8.78 Å². The zero-order valence-electron chi connectivity index (χ0n) is 5.25. The Morgan fingerprint density at radius 3 is 2.56 bits per heavy atom. The zero-order chi connectivity index (χ0) is 6.85. The number of nitrogens with one attached hydrogen (secondary N) is 1. The van der Waals surface area contributed by atoms with E-state index >= 15 is 0 Å². The summed E-state index contributed by atoms with van der Waals surface area (Å²) in [5, 5.41) is 2.35. The maximum absolute atomic E-state index is 12.5. The molecule has 0 saturated carbocycles. The third kappa shape index (κ3) is 1.04. The van der Waals surface area contributed by atoms with Gasteiger partial charge in [-0.3, -0.25) is 0 Å². The minimum Gasteiger partial charge on any atom is -0.358 e. The second-order valence-electron chi connectivity index (χ2n) is 2.07. The molecule has 0 amide bonds. The average molecular weight is 133 g/mol. The summed E-state index contributed by atoms with van der Waals surface area (Å²) >= 11 is 0. The van der Waals surface area contributed by atoms with Gasteiger partial charge in [0.1, 0.15) is 6.17 Å². The Morgan fingerprint density at radius 1 is 1.78 bits per heavy atom. The topological polar surface area (TPSA) is 12.0 Å². The van der Waals surface area contributed by atoms with Gasteiger partial charge in [-0.05, 0) is 6.42 Å². The van der Waals surface area contributed by atoms with Crippen molar-refractivity contribution in [1.29, 1.82) is 0 Å². The van der Waals surface area contributed by atoms with E-state index in [-0.39, 0.29) is 5.57 Å². The zero-order valence-corrected chi connectivity index (χ0v) is 5.25. The first-order valence-corrected chi connectivity index (χ1v) is 3.02. The molecule has 52 valence electrons. The summed E-state index contributed by atoms with van der Waals surface area (Å²) < 4.78 is 24.6. The monoisotopic (exact) mass is 133 g/mol. The minimum absolute atomic E-state index is 0.289. The maximum atomic E-state index is 12.5. The van der Waals surface area contributed by atoms with Gasteiger partial charge in [-0.2, -0.15) is 4.39 Å². The maximum Gasteiger partial charge on any atom is 0.191 e. The first-order valence-electron chi connectivity index (χ1n) is 3.02. The van der Waals surface area contributed by atoms with Crippen molar-refractivity contribution in [2.75, 3.05) is 6.54 Å². The molecule has 0 saturated heterocycles. The second-order valence-corrected chi connectivity index (χ2v) is 2.07. The number of halogens is 2. The summed E-state index contributed by atoms with van der Waals surface area (Å²) in [4.78, 5) is 0. The smallest absolute Gasteiger partial charge is 0.191 e. The molecule has 3 heteroatoms. The molecule has 1 heterocycles. The Bertz CT molecular complexity index is 142. The molecule has 1 aliphatic rings. The van der Waals surface area contributed by atoms with Crippen LogP contribution in [0.25, 0.3) is 0 Å². The van der Waals surface area contributed by atoms with E-state index in [0.29, 0.717) is 13.0 Å². The summed E-state index contributed by atoms with van der Waals surface area (Å²) in [6.07, 6.45) is -0.712. The molecule has 0 aromatic heterocycles. The Morgan fingerprint density at radius 2 is 2.44 bits per heavy atom. The molecular weight excluding hydrogens is 124 g/mol. The molecule has 1 aliphatic heterocycles. The summed E-state index contributed by atoms with van der Waals surface area (Å²) in [5.41, 5.74) is 0.289. The lowest BCUT2D eigenvalue weighted by molar-refractivity contribution is 0.327. The van der Waals surface area contributed by atoms with Gasteiger partial charge in [-0.25, -0.2) is 4.39 Å². The molecule has 1 atom stereocenters.